The van der Waals surface area contributed by atoms with Gasteiger partial charge in [0.05, 0.1) is 17.2 Å². The predicted octanol–water partition coefficient (Wildman–Crippen LogP) is 2.64. The molecule has 78 valence electrons. The molecule has 0 fully saturated rings. The highest BCUT2D eigenvalue weighted by molar-refractivity contribution is 7.99. The molecule has 0 atom stereocenters. The first-order valence-corrected chi connectivity index (χ1v) is 6.69. The summed E-state index contributed by atoms with van der Waals surface area (Å²) in [5, 5.41) is 2.84. The normalized spacial score (nSPS) is 10.8. The van der Waals surface area contributed by atoms with Gasteiger partial charge in [-0.1, -0.05) is 13.8 Å². The average Bonchev–Trinajstić information content (AvgIpc) is 2.56. The van der Waals surface area contributed by atoms with Gasteiger partial charge in [0.25, 0.3) is 0 Å². The SMILES string of the molecule is CC(C)CSCC(=O)Cc1nccs1. The first-order valence-electron chi connectivity index (χ1n) is 4.66. The first kappa shape index (κ1) is 11.7. The summed E-state index contributed by atoms with van der Waals surface area (Å²) in [5.41, 5.74) is 0. The topological polar surface area (TPSA) is 30.0 Å². The first-order chi connectivity index (χ1) is 6.68. The molecule has 0 unspecified atom stereocenters. The number of hydrogen-bond acceptors (Lipinski definition) is 4. The minimum Gasteiger partial charge on any atom is -0.298 e. The van der Waals surface area contributed by atoms with Crippen molar-refractivity contribution in [1.29, 1.82) is 0 Å². The van der Waals surface area contributed by atoms with E-state index in [1.807, 2.05) is 5.38 Å². The highest BCUT2D eigenvalue weighted by atomic mass is 32.2. The van der Waals surface area contributed by atoms with Crippen LogP contribution in [0.4, 0.5) is 0 Å². The molecule has 2 nitrogen and oxygen atoms in total. The Morgan fingerprint density at radius 1 is 1.64 bits per heavy atom. The number of carbonyl (C=O) groups is 1. The van der Waals surface area contributed by atoms with Gasteiger partial charge in [0.15, 0.2) is 0 Å². The number of nitrogens with zero attached hydrogens (tertiary/aromatic N) is 1. The fourth-order valence-electron chi connectivity index (χ4n) is 0.968. The smallest absolute Gasteiger partial charge is 0.149 e. The van der Waals surface area contributed by atoms with Gasteiger partial charge in [-0.05, 0) is 11.7 Å². The molecular formula is C10H15NOS2. The molecular weight excluding hydrogens is 214 g/mol. The van der Waals surface area contributed by atoms with Crippen LogP contribution >= 0.6 is 23.1 Å². The molecule has 0 spiro atoms. The van der Waals surface area contributed by atoms with Crippen molar-refractivity contribution in [2.45, 2.75) is 20.3 Å². The van der Waals surface area contributed by atoms with E-state index < -0.39 is 0 Å². The fraction of sp³-hybridized carbons (Fsp3) is 0.600. The zero-order valence-electron chi connectivity index (χ0n) is 8.53. The summed E-state index contributed by atoms with van der Waals surface area (Å²) >= 11 is 3.27. The number of hydrogen-bond donors (Lipinski definition) is 0. The molecule has 0 aliphatic carbocycles. The van der Waals surface area contributed by atoms with Gasteiger partial charge in [-0.3, -0.25) is 4.79 Å². The Morgan fingerprint density at radius 3 is 3.00 bits per heavy atom. The second-order valence-electron chi connectivity index (χ2n) is 3.55. The molecule has 0 aromatic carbocycles. The van der Waals surface area contributed by atoms with Gasteiger partial charge >= 0.3 is 0 Å². The highest BCUT2D eigenvalue weighted by Crippen LogP contribution is 2.10. The molecule has 1 heterocycles. The van der Waals surface area contributed by atoms with Crippen molar-refractivity contribution in [3.8, 4) is 0 Å². The number of carbonyl (C=O) groups excluding carboxylic acids is 1. The van der Waals surface area contributed by atoms with Crippen LogP contribution < -0.4 is 0 Å². The summed E-state index contributed by atoms with van der Waals surface area (Å²) in [6.07, 6.45) is 2.25. The van der Waals surface area contributed by atoms with Crippen molar-refractivity contribution in [1.82, 2.24) is 4.98 Å². The summed E-state index contributed by atoms with van der Waals surface area (Å²) < 4.78 is 0. The van der Waals surface area contributed by atoms with Crippen LogP contribution in [-0.2, 0) is 11.2 Å². The van der Waals surface area contributed by atoms with E-state index in [0.29, 0.717) is 18.1 Å². The van der Waals surface area contributed by atoms with Crippen LogP contribution in [-0.4, -0.2) is 22.3 Å². The maximum atomic E-state index is 11.4. The van der Waals surface area contributed by atoms with Crippen LogP contribution in [0.1, 0.15) is 18.9 Å². The number of rotatable bonds is 6. The van der Waals surface area contributed by atoms with Crippen molar-refractivity contribution >= 4 is 28.9 Å². The summed E-state index contributed by atoms with van der Waals surface area (Å²) in [6.45, 7) is 4.33. The summed E-state index contributed by atoms with van der Waals surface area (Å²) in [6, 6.07) is 0. The Balaban J connectivity index is 2.17. The second kappa shape index (κ2) is 6.19. The Bertz CT molecular complexity index is 270. The van der Waals surface area contributed by atoms with Crippen molar-refractivity contribution < 1.29 is 4.79 Å². The Kier molecular flexibility index (Phi) is 5.19. The molecule has 0 radical (unpaired) electrons. The lowest BCUT2D eigenvalue weighted by Gasteiger charge is -2.02. The molecule has 0 saturated heterocycles. The molecule has 0 bridgehead atoms. The quantitative estimate of drug-likeness (QED) is 0.751. The van der Waals surface area contributed by atoms with Crippen LogP contribution in [0.3, 0.4) is 0 Å². The van der Waals surface area contributed by atoms with Crippen LogP contribution in [0.5, 0.6) is 0 Å². The van der Waals surface area contributed by atoms with Crippen molar-refractivity contribution in [3.63, 3.8) is 0 Å². The number of aromatic nitrogens is 1. The fourth-order valence-corrected chi connectivity index (χ4v) is 2.53. The lowest BCUT2D eigenvalue weighted by molar-refractivity contribution is -0.116. The monoisotopic (exact) mass is 229 g/mol. The molecule has 0 saturated carbocycles. The van der Waals surface area contributed by atoms with Gasteiger partial charge in [0, 0.05) is 11.6 Å². The van der Waals surface area contributed by atoms with Crippen molar-refractivity contribution in [2.24, 2.45) is 5.92 Å². The van der Waals surface area contributed by atoms with Crippen molar-refractivity contribution in [3.05, 3.63) is 16.6 Å². The molecule has 0 aliphatic heterocycles. The lowest BCUT2D eigenvalue weighted by Crippen LogP contribution is -2.06. The number of thioether (sulfide) groups is 1. The summed E-state index contributed by atoms with van der Waals surface area (Å²) in [5.74, 6) is 2.62. The van der Waals surface area contributed by atoms with Crippen molar-refractivity contribution in [2.75, 3.05) is 11.5 Å². The molecule has 0 aliphatic rings. The van der Waals surface area contributed by atoms with Gasteiger partial charge in [0.1, 0.15) is 5.78 Å². The van der Waals surface area contributed by atoms with E-state index in [1.54, 1.807) is 29.3 Å². The summed E-state index contributed by atoms with van der Waals surface area (Å²) in [4.78, 5) is 15.5. The summed E-state index contributed by atoms with van der Waals surface area (Å²) in [7, 11) is 0. The molecule has 0 N–H and O–H groups in total. The van der Waals surface area contributed by atoms with Crippen LogP contribution in [0.2, 0.25) is 0 Å². The van der Waals surface area contributed by atoms with E-state index in [0.717, 1.165) is 10.8 Å². The minimum atomic E-state index is 0.283. The van der Waals surface area contributed by atoms with E-state index in [2.05, 4.69) is 18.8 Å². The molecule has 1 aromatic rings. The van der Waals surface area contributed by atoms with Gasteiger partial charge in [-0.25, -0.2) is 4.98 Å². The van der Waals surface area contributed by atoms with E-state index in [4.69, 9.17) is 0 Å². The zero-order valence-corrected chi connectivity index (χ0v) is 10.2. The Hall–Kier alpha value is -0.350. The van der Waals surface area contributed by atoms with Gasteiger partial charge in [0.2, 0.25) is 0 Å². The number of Topliss-reactive ketones (excluding diaryl/α,β-unsaturated/α-hetero) is 1. The lowest BCUT2D eigenvalue weighted by atomic mass is 10.3. The molecule has 0 amide bonds. The second-order valence-corrected chi connectivity index (χ2v) is 5.56. The maximum absolute atomic E-state index is 11.4. The predicted molar refractivity (Wildman–Crippen MR) is 63.0 cm³/mol. The standard InChI is InChI=1S/C10H15NOS2/c1-8(2)6-13-7-9(12)5-10-11-3-4-14-10/h3-4,8H,5-7H2,1-2H3. The molecule has 1 rings (SSSR count). The van der Waals surface area contributed by atoms with Gasteiger partial charge < -0.3 is 0 Å². The largest absolute Gasteiger partial charge is 0.298 e. The maximum Gasteiger partial charge on any atom is 0.149 e. The van der Waals surface area contributed by atoms with E-state index >= 15 is 0 Å². The highest BCUT2D eigenvalue weighted by Gasteiger charge is 2.06. The third kappa shape index (κ3) is 4.77. The molecule has 1 aromatic heterocycles. The van der Waals surface area contributed by atoms with Crippen LogP contribution in [0, 0.1) is 5.92 Å². The number of ketones is 1. The number of thiazole rings is 1. The third-order valence-corrected chi connectivity index (χ3v) is 3.75. The van der Waals surface area contributed by atoms with E-state index in [9.17, 15) is 4.79 Å². The molecule has 14 heavy (non-hydrogen) atoms. The molecule has 4 heteroatoms. The van der Waals surface area contributed by atoms with E-state index in [-0.39, 0.29) is 5.78 Å². The van der Waals surface area contributed by atoms with E-state index in [1.165, 1.54) is 0 Å². The minimum absolute atomic E-state index is 0.283. The third-order valence-electron chi connectivity index (χ3n) is 1.55. The Labute approximate surface area is 93.1 Å². The van der Waals surface area contributed by atoms with Gasteiger partial charge in [-0.15, -0.1) is 11.3 Å². The van der Waals surface area contributed by atoms with Gasteiger partial charge in [-0.2, -0.15) is 11.8 Å². The Morgan fingerprint density at radius 2 is 2.43 bits per heavy atom. The zero-order chi connectivity index (χ0) is 10.4. The average molecular weight is 229 g/mol. The van der Waals surface area contributed by atoms with Crippen LogP contribution in [0.25, 0.3) is 0 Å². The van der Waals surface area contributed by atoms with Crippen LogP contribution in [0.15, 0.2) is 11.6 Å².